The third-order valence-corrected chi connectivity index (χ3v) is 2.53. The van der Waals surface area contributed by atoms with Crippen LogP contribution in [0.3, 0.4) is 0 Å². The van der Waals surface area contributed by atoms with Crippen LogP contribution in [0.25, 0.3) is 0 Å². The number of hydroxylamine groups is 1. The number of amides is 1. The molecule has 0 aliphatic carbocycles. The molecule has 1 rings (SSSR count). The maximum absolute atomic E-state index is 10.9. The van der Waals surface area contributed by atoms with Crippen LogP contribution in [0.4, 0.5) is 0 Å². The highest BCUT2D eigenvalue weighted by Gasteiger charge is 2.17. The van der Waals surface area contributed by atoms with E-state index in [1.807, 2.05) is 4.31 Å². The van der Waals surface area contributed by atoms with Crippen LogP contribution in [-0.2, 0) is 9.63 Å². The number of carbonyl (C=O) groups is 1. The van der Waals surface area contributed by atoms with Gasteiger partial charge in [0.25, 0.3) is 12.4 Å². The maximum Gasteiger partial charge on any atom is 0.291 e. The van der Waals surface area contributed by atoms with Gasteiger partial charge >= 0.3 is 0 Å². The van der Waals surface area contributed by atoms with Gasteiger partial charge in [-0.05, 0) is 6.42 Å². The van der Waals surface area contributed by atoms with Crippen molar-refractivity contribution in [1.29, 1.82) is 0 Å². The molecule has 1 amide bonds. The molecule has 0 saturated carbocycles. The molecular weight excluding hydrogens is 196 g/mol. The van der Waals surface area contributed by atoms with Crippen LogP contribution < -0.4 is 5.48 Å². The Balaban J connectivity index is 2.09. The van der Waals surface area contributed by atoms with Crippen LogP contribution in [0.1, 0.15) is 6.42 Å². The van der Waals surface area contributed by atoms with Crippen LogP contribution in [0.2, 0.25) is 0 Å². The summed E-state index contributed by atoms with van der Waals surface area (Å²) in [6, 6.07) is 0. The number of rotatable bonds is 4. The molecule has 1 aliphatic rings. The molecule has 1 saturated heterocycles. The van der Waals surface area contributed by atoms with E-state index in [0.717, 1.165) is 18.7 Å². The monoisotopic (exact) mass is 207 g/mol. The fraction of sp³-hybridized carbons (Fsp3) is 0.833. The topological polar surface area (TPSA) is 84.1 Å². The fourth-order valence-corrected chi connectivity index (χ4v) is 1.89. The molecule has 75 valence electrons. The van der Waals surface area contributed by atoms with Crippen molar-refractivity contribution in [2.75, 3.05) is 18.8 Å². The number of nitrogens with zero attached hydrogens (tertiary/aromatic N) is 2. The van der Waals surface area contributed by atoms with E-state index in [4.69, 9.17) is 10.2 Å². The fourth-order valence-electron chi connectivity index (χ4n) is 0.909. The minimum Gasteiger partial charge on any atom is -0.344 e. The van der Waals surface area contributed by atoms with E-state index in [1.165, 1.54) is 0 Å². The van der Waals surface area contributed by atoms with Crippen molar-refractivity contribution in [2.45, 2.75) is 12.9 Å². The quantitative estimate of drug-likeness (QED) is 0.337. The molecule has 6 nitrogen and oxygen atoms in total. The Morgan fingerprint density at radius 2 is 2.46 bits per heavy atom. The predicted molar refractivity (Wildman–Crippen MR) is 45.1 cm³/mol. The molecule has 7 heteroatoms. The highest BCUT2D eigenvalue weighted by molar-refractivity contribution is 7.97. The van der Waals surface area contributed by atoms with Crippen molar-refractivity contribution >= 4 is 17.9 Å². The SMILES string of the molecule is O=C(CN1CCCS1)[N]OC(O)O. The number of hydrogen-bond acceptors (Lipinski definition) is 6. The van der Waals surface area contributed by atoms with Crippen LogP contribution in [0.15, 0.2) is 0 Å². The first-order valence-corrected chi connectivity index (χ1v) is 4.76. The Morgan fingerprint density at radius 1 is 1.69 bits per heavy atom. The third kappa shape index (κ3) is 4.44. The smallest absolute Gasteiger partial charge is 0.291 e. The van der Waals surface area contributed by atoms with E-state index in [9.17, 15) is 4.79 Å². The number of carbonyl (C=O) groups excluding carboxylic acids is 1. The number of aliphatic hydroxyl groups excluding tert-OH is 1. The van der Waals surface area contributed by atoms with Gasteiger partial charge in [0, 0.05) is 12.3 Å². The molecule has 0 bridgehead atoms. The van der Waals surface area contributed by atoms with E-state index in [-0.39, 0.29) is 6.54 Å². The Labute approximate surface area is 79.9 Å². The van der Waals surface area contributed by atoms with Crippen molar-refractivity contribution in [3.05, 3.63) is 0 Å². The summed E-state index contributed by atoms with van der Waals surface area (Å²) in [7, 11) is 0. The summed E-state index contributed by atoms with van der Waals surface area (Å²) in [5.41, 5.74) is 2.99. The first-order valence-electron chi connectivity index (χ1n) is 3.82. The van der Waals surface area contributed by atoms with Gasteiger partial charge in [0.05, 0.1) is 6.54 Å². The largest absolute Gasteiger partial charge is 0.344 e. The molecule has 0 aromatic rings. The van der Waals surface area contributed by atoms with Crippen molar-refractivity contribution in [3.63, 3.8) is 0 Å². The minimum atomic E-state index is -2.02. The van der Waals surface area contributed by atoms with Gasteiger partial charge in [-0.2, -0.15) is 4.84 Å². The van der Waals surface area contributed by atoms with Crippen LogP contribution in [0, 0.1) is 0 Å². The number of hydrogen-bond donors (Lipinski definition) is 2. The van der Waals surface area contributed by atoms with Gasteiger partial charge in [-0.25, -0.2) is 4.31 Å². The van der Waals surface area contributed by atoms with Gasteiger partial charge in [-0.1, -0.05) is 17.4 Å². The third-order valence-electron chi connectivity index (χ3n) is 1.39. The molecule has 0 spiro atoms. The predicted octanol–water partition coefficient (Wildman–Crippen LogP) is -1.33. The van der Waals surface area contributed by atoms with Crippen molar-refractivity contribution < 1.29 is 19.8 Å². The number of aliphatic hydroxyl groups is 2. The first kappa shape index (κ1) is 10.7. The highest BCUT2D eigenvalue weighted by Crippen LogP contribution is 2.18. The first-order chi connectivity index (χ1) is 6.18. The molecule has 13 heavy (non-hydrogen) atoms. The lowest BCUT2D eigenvalue weighted by atomic mass is 10.5. The summed E-state index contributed by atoms with van der Waals surface area (Å²) >= 11 is 1.58. The summed E-state index contributed by atoms with van der Waals surface area (Å²) in [5.74, 6) is 0.499. The van der Waals surface area contributed by atoms with Gasteiger partial charge in [-0.3, -0.25) is 4.79 Å². The van der Waals surface area contributed by atoms with Crippen LogP contribution in [-0.4, -0.2) is 45.7 Å². The Hall–Kier alpha value is -0.340. The second-order valence-electron chi connectivity index (χ2n) is 2.47. The molecule has 0 aromatic carbocycles. The summed E-state index contributed by atoms with van der Waals surface area (Å²) in [4.78, 5) is 14.9. The van der Waals surface area contributed by atoms with Crippen LogP contribution in [0.5, 0.6) is 0 Å². The Bertz CT molecular complexity index is 172. The lowest BCUT2D eigenvalue weighted by molar-refractivity contribution is -0.263. The maximum atomic E-state index is 10.9. The summed E-state index contributed by atoms with van der Waals surface area (Å²) in [6.45, 7) is -1.01. The molecular formula is C6H11N2O4S. The zero-order valence-corrected chi connectivity index (χ0v) is 7.74. The molecule has 0 unspecified atom stereocenters. The minimum absolute atomic E-state index is 0.150. The lowest BCUT2D eigenvalue weighted by Gasteiger charge is -2.11. The van der Waals surface area contributed by atoms with Gasteiger partial charge in [-0.15, -0.1) is 0 Å². The van der Waals surface area contributed by atoms with Gasteiger partial charge in [0.1, 0.15) is 0 Å². The van der Waals surface area contributed by atoms with E-state index in [2.05, 4.69) is 10.3 Å². The standard InChI is InChI=1S/C6H11N2O4S/c9-5(7-12-6(10)11)4-8-2-1-3-13-8/h6,10-11H,1-4H2. The molecule has 0 atom stereocenters. The normalized spacial score (nSPS) is 18.1. The molecule has 0 aromatic heterocycles. The Kier molecular flexibility index (Phi) is 4.46. The summed E-state index contributed by atoms with van der Waals surface area (Å²) < 4.78 is 1.86. The molecule has 1 radical (unpaired) electrons. The molecule has 1 heterocycles. The summed E-state index contributed by atoms with van der Waals surface area (Å²) in [5, 5.41) is 16.5. The molecule has 1 aliphatic heterocycles. The Morgan fingerprint density at radius 3 is 3.00 bits per heavy atom. The van der Waals surface area contributed by atoms with Crippen molar-refractivity contribution in [3.8, 4) is 0 Å². The van der Waals surface area contributed by atoms with Gasteiger partial charge < -0.3 is 10.2 Å². The van der Waals surface area contributed by atoms with Gasteiger partial charge in [0.15, 0.2) is 0 Å². The van der Waals surface area contributed by atoms with Crippen molar-refractivity contribution in [2.24, 2.45) is 0 Å². The average molecular weight is 207 g/mol. The van der Waals surface area contributed by atoms with E-state index in [0.29, 0.717) is 0 Å². The highest BCUT2D eigenvalue weighted by atomic mass is 32.2. The second-order valence-corrected chi connectivity index (χ2v) is 3.65. The average Bonchev–Trinajstić information content (AvgIpc) is 2.53. The van der Waals surface area contributed by atoms with Crippen LogP contribution >= 0.6 is 11.9 Å². The zero-order valence-electron chi connectivity index (χ0n) is 6.92. The lowest BCUT2D eigenvalue weighted by Crippen LogP contribution is -2.31. The van der Waals surface area contributed by atoms with E-state index >= 15 is 0 Å². The van der Waals surface area contributed by atoms with Crippen molar-refractivity contribution in [1.82, 2.24) is 9.79 Å². The van der Waals surface area contributed by atoms with Gasteiger partial charge in [0.2, 0.25) is 0 Å². The van der Waals surface area contributed by atoms with E-state index in [1.54, 1.807) is 11.9 Å². The molecule has 1 fully saturated rings. The zero-order chi connectivity index (χ0) is 9.68. The second kappa shape index (κ2) is 5.40. The van der Waals surface area contributed by atoms with E-state index < -0.39 is 12.4 Å². The molecule has 2 N–H and O–H groups in total. The summed E-state index contributed by atoms with van der Waals surface area (Å²) in [6.07, 6.45) is 1.06.